The normalized spacial score (nSPS) is 16.4. The lowest BCUT2D eigenvalue weighted by molar-refractivity contribution is 0.0920. The van der Waals surface area contributed by atoms with E-state index in [1.807, 2.05) is 47.2 Å². The highest BCUT2D eigenvalue weighted by Crippen LogP contribution is 2.31. The zero-order chi connectivity index (χ0) is 18.6. The fourth-order valence-electron chi connectivity index (χ4n) is 3.06. The Morgan fingerprint density at radius 1 is 1.30 bits per heavy atom. The number of hydrogen-bond donors (Lipinski definition) is 0. The first kappa shape index (κ1) is 18.2. The van der Waals surface area contributed by atoms with Gasteiger partial charge in [0.25, 0.3) is 5.91 Å². The summed E-state index contributed by atoms with van der Waals surface area (Å²) in [5.41, 5.74) is 1.85. The van der Waals surface area contributed by atoms with Crippen molar-refractivity contribution in [2.75, 3.05) is 25.2 Å². The number of thiophene rings is 1. The summed E-state index contributed by atoms with van der Waals surface area (Å²) in [5, 5.41) is 4.61. The monoisotopic (exact) mass is 400 g/mol. The van der Waals surface area contributed by atoms with Gasteiger partial charge in [0.05, 0.1) is 30.3 Å². The smallest absolute Gasteiger partial charge is 0.270 e. The number of anilines is 1. The van der Waals surface area contributed by atoms with Crippen LogP contribution in [0.25, 0.3) is 11.3 Å². The molecule has 0 bridgehead atoms. The lowest BCUT2D eigenvalue weighted by atomic mass is 10.2. The number of benzene rings is 1. The minimum atomic E-state index is -0.0175. The van der Waals surface area contributed by atoms with Gasteiger partial charge in [-0.05, 0) is 48.6 Å². The fraction of sp³-hybridized carbons (Fsp3) is 0.300. The highest BCUT2D eigenvalue weighted by molar-refractivity contribution is 7.14. The van der Waals surface area contributed by atoms with Gasteiger partial charge in [-0.3, -0.25) is 9.69 Å². The average molecular weight is 401 g/mol. The summed E-state index contributed by atoms with van der Waals surface area (Å²) in [6, 6.07) is 11.5. The van der Waals surface area contributed by atoms with Crippen LogP contribution in [0.1, 0.15) is 22.5 Å². The first-order valence-corrected chi connectivity index (χ1v) is 10.6. The van der Waals surface area contributed by atoms with Crippen LogP contribution in [0, 0.1) is 0 Å². The van der Waals surface area contributed by atoms with Crippen molar-refractivity contribution in [3.63, 3.8) is 0 Å². The van der Waals surface area contributed by atoms with Gasteiger partial charge in [0.15, 0.2) is 5.13 Å². The molecule has 0 aliphatic carbocycles. The summed E-state index contributed by atoms with van der Waals surface area (Å²) in [4.78, 5) is 20.3. The number of rotatable bonds is 6. The second kappa shape index (κ2) is 8.21. The topological polar surface area (TPSA) is 51.7 Å². The number of carbonyl (C=O) groups is 1. The molecule has 0 N–H and O–H groups in total. The molecule has 27 heavy (non-hydrogen) atoms. The van der Waals surface area contributed by atoms with E-state index in [9.17, 15) is 4.79 Å². The molecule has 3 heterocycles. The summed E-state index contributed by atoms with van der Waals surface area (Å²) in [6.45, 7) is 1.30. The van der Waals surface area contributed by atoms with E-state index in [1.165, 1.54) is 22.7 Å². The van der Waals surface area contributed by atoms with Gasteiger partial charge in [-0.25, -0.2) is 4.98 Å². The molecule has 0 radical (unpaired) electrons. The van der Waals surface area contributed by atoms with E-state index in [-0.39, 0.29) is 12.0 Å². The molecule has 1 aliphatic rings. The van der Waals surface area contributed by atoms with Crippen LogP contribution in [0.2, 0.25) is 0 Å². The van der Waals surface area contributed by atoms with E-state index in [0.717, 1.165) is 36.5 Å². The Balaban J connectivity index is 1.61. The molecule has 5 nitrogen and oxygen atoms in total. The molecule has 1 atom stereocenters. The van der Waals surface area contributed by atoms with Crippen molar-refractivity contribution >= 4 is 33.7 Å². The standard InChI is InChI=1S/C20H20N2O3S2/c1-24-15-8-6-14(7-9-15)17-13-27-20(21-17)22(12-16-4-2-10-25-16)19(23)18-5-3-11-26-18/h3,5-9,11,13,16H,2,4,10,12H2,1H3/t16-/m0/s1. The minimum Gasteiger partial charge on any atom is -0.497 e. The lowest BCUT2D eigenvalue weighted by Crippen LogP contribution is -2.37. The van der Waals surface area contributed by atoms with E-state index in [1.54, 1.807) is 12.0 Å². The Labute approximate surface area is 166 Å². The van der Waals surface area contributed by atoms with Gasteiger partial charge >= 0.3 is 0 Å². The molecule has 7 heteroatoms. The number of hydrogen-bond acceptors (Lipinski definition) is 6. The van der Waals surface area contributed by atoms with Crippen molar-refractivity contribution in [2.45, 2.75) is 18.9 Å². The molecule has 1 aliphatic heterocycles. The van der Waals surface area contributed by atoms with Crippen LogP contribution < -0.4 is 9.64 Å². The van der Waals surface area contributed by atoms with E-state index < -0.39 is 0 Å². The van der Waals surface area contributed by atoms with Gasteiger partial charge in [0, 0.05) is 17.6 Å². The molecular weight excluding hydrogens is 380 g/mol. The third-order valence-corrected chi connectivity index (χ3v) is 6.22. The van der Waals surface area contributed by atoms with Crippen molar-refractivity contribution in [3.8, 4) is 17.0 Å². The molecule has 0 unspecified atom stereocenters. The highest BCUT2D eigenvalue weighted by atomic mass is 32.1. The Hall–Kier alpha value is -2.22. The van der Waals surface area contributed by atoms with Gasteiger partial charge in [-0.1, -0.05) is 6.07 Å². The molecule has 3 aromatic rings. The molecule has 140 valence electrons. The van der Waals surface area contributed by atoms with Crippen LogP contribution in [-0.2, 0) is 4.74 Å². The molecule has 2 aromatic heterocycles. The van der Waals surface area contributed by atoms with Crippen molar-refractivity contribution in [1.29, 1.82) is 0 Å². The van der Waals surface area contributed by atoms with E-state index in [0.29, 0.717) is 16.6 Å². The molecule has 1 amide bonds. The minimum absolute atomic E-state index is 0.0175. The highest BCUT2D eigenvalue weighted by Gasteiger charge is 2.27. The van der Waals surface area contributed by atoms with E-state index in [2.05, 4.69) is 0 Å². The number of amides is 1. The maximum atomic E-state index is 13.1. The van der Waals surface area contributed by atoms with Crippen LogP contribution in [0.4, 0.5) is 5.13 Å². The van der Waals surface area contributed by atoms with Crippen LogP contribution in [-0.4, -0.2) is 37.3 Å². The Morgan fingerprint density at radius 3 is 2.81 bits per heavy atom. The molecule has 1 aromatic carbocycles. The second-order valence-corrected chi connectivity index (χ2v) is 8.06. The van der Waals surface area contributed by atoms with Gasteiger partial charge in [-0.2, -0.15) is 0 Å². The zero-order valence-corrected chi connectivity index (χ0v) is 16.6. The van der Waals surface area contributed by atoms with E-state index in [4.69, 9.17) is 14.5 Å². The predicted octanol–water partition coefficient (Wildman–Crippen LogP) is 4.71. The number of thiazole rings is 1. The van der Waals surface area contributed by atoms with Gasteiger partial charge < -0.3 is 9.47 Å². The zero-order valence-electron chi connectivity index (χ0n) is 15.0. The predicted molar refractivity (Wildman–Crippen MR) is 109 cm³/mol. The Bertz CT molecular complexity index is 884. The summed E-state index contributed by atoms with van der Waals surface area (Å²) in [5.74, 6) is 0.790. The number of aromatic nitrogens is 1. The van der Waals surface area contributed by atoms with Crippen molar-refractivity contribution in [2.24, 2.45) is 0 Å². The maximum absolute atomic E-state index is 13.1. The van der Waals surface area contributed by atoms with Gasteiger partial charge in [0.1, 0.15) is 5.75 Å². The number of nitrogens with zero attached hydrogens (tertiary/aromatic N) is 2. The van der Waals surface area contributed by atoms with Gasteiger partial charge in [0.2, 0.25) is 0 Å². The SMILES string of the molecule is COc1ccc(-c2csc(N(C[C@@H]3CCCO3)C(=O)c3cccs3)n2)cc1. The molecule has 0 saturated carbocycles. The van der Waals surface area contributed by atoms with E-state index >= 15 is 0 Å². The van der Waals surface area contributed by atoms with Crippen molar-refractivity contribution in [3.05, 3.63) is 52.0 Å². The quantitative estimate of drug-likeness (QED) is 0.601. The summed E-state index contributed by atoms with van der Waals surface area (Å²) >= 11 is 2.93. The first-order valence-electron chi connectivity index (χ1n) is 8.81. The molecule has 1 fully saturated rings. The number of ether oxygens (including phenoxy) is 2. The number of carbonyl (C=O) groups excluding carboxylic acids is 1. The molecular formula is C20H20N2O3S2. The maximum Gasteiger partial charge on any atom is 0.270 e. The molecule has 4 rings (SSSR count). The van der Waals surface area contributed by atoms with Crippen LogP contribution in [0.3, 0.4) is 0 Å². The van der Waals surface area contributed by atoms with Crippen LogP contribution in [0.5, 0.6) is 5.75 Å². The molecule has 0 spiro atoms. The first-order chi connectivity index (χ1) is 13.2. The van der Waals surface area contributed by atoms with Crippen LogP contribution >= 0.6 is 22.7 Å². The molecule has 1 saturated heterocycles. The summed E-state index contributed by atoms with van der Waals surface area (Å²) in [6.07, 6.45) is 2.09. The Kier molecular flexibility index (Phi) is 5.52. The van der Waals surface area contributed by atoms with Gasteiger partial charge in [-0.15, -0.1) is 22.7 Å². The largest absolute Gasteiger partial charge is 0.497 e. The summed E-state index contributed by atoms with van der Waals surface area (Å²) in [7, 11) is 1.65. The van der Waals surface area contributed by atoms with Crippen LogP contribution in [0.15, 0.2) is 47.2 Å². The fourth-order valence-corrected chi connectivity index (χ4v) is 4.57. The van der Waals surface area contributed by atoms with Crippen molar-refractivity contribution < 1.29 is 14.3 Å². The average Bonchev–Trinajstić information content (AvgIpc) is 3.48. The van der Waals surface area contributed by atoms with Crippen molar-refractivity contribution in [1.82, 2.24) is 4.98 Å². The second-order valence-electron chi connectivity index (χ2n) is 6.27. The third-order valence-electron chi connectivity index (χ3n) is 4.50. The third kappa shape index (κ3) is 4.05. The Morgan fingerprint density at radius 2 is 2.15 bits per heavy atom. The summed E-state index contributed by atoms with van der Waals surface area (Å²) < 4.78 is 11.0. The lowest BCUT2D eigenvalue weighted by Gasteiger charge is -2.22. The number of methoxy groups -OCH3 is 1.